The number of para-hydroxylation sites is 1. The van der Waals surface area contributed by atoms with E-state index in [0.29, 0.717) is 12.1 Å². The Labute approximate surface area is 195 Å². The third-order valence-corrected chi connectivity index (χ3v) is 6.52. The van der Waals surface area contributed by atoms with Crippen molar-refractivity contribution >= 4 is 28.3 Å². The van der Waals surface area contributed by atoms with Crippen LogP contribution in [0.1, 0.15) is 27.3 Å². The molecule has 0 aliphatic carbocycles. The average molecular weight is 457 g/mol. The van der Waals surface area contributed by atoms with Crippen LogP contribution in [0.3, 0.4) is 0 Å². The SMILES string of the molecule is Cc1cc(C(=O)N(C)Cc2cn(-c3ccccc3)nc2-c2cccs2)c2c(C)nn(C)c2n1. The van der Waals surface area contributed by atoms with E-state index in [1.54, 1.807) is 20.9 Å². The zero-order valence-corrected chi connectivity index (χ0v) is 19.8. The number of benzene rings is 1. The molecule has 7 nitrogen and oxygen atoms in total. The Morgan fingerprint density at radius 3 is 2.61 bits per heavy atom. The van der Waals surface area contributed by atoms with Crippen molar-refractivity contribution in [2.75, 3.05) is 7.05 Å². The van der Waals surface area contributed by atoms with Crippen LogP contribution >= 0.6 is 11.3 Å². The number of nitrogens with zero attached hydrogens (tertiary/aromatic N) is 6. The zero-order valence-electron chi connectivity index (χ0n) is 19.0. The summed E-state index contributed by atoms with van der Waals surface area (Å²) in [4.78, 5) is 21.0. The van der Waals surface area contributed by atoms with Crippen LogP contribution in [-0.4, -0.2) is 42.4 Å². The van der Waals surface area contributed by atoms with E-state index in [1.165, 1.54) is 0 Å². The first-order valence-corrected chi connectivity index (χ1v) is 11.5. The number of rotatable bonds is 5. The zero-order chi connectivity index (χ0) is 23.1. The molecular formula is C25H24N6OS. The molecule has 0 atom stereocenters. The molecule has 4 aromatic heterocycles. The number of fused-ring (bicyclic) bond motifs is 1. The first kappa shape index (κ1) is 21.1. The third kappa shape index (κ3) is 3.82. The molecule has 0 saturated carbocycles. The van der Waals surface area contributed by atoms with Gasteiger partial charge in [0, 0.05) is 38.1 Å². The number of amides is 1. The second kappa shape index (κ2) is 8.29. The first-order chi connectivity index (χ1) is 15.9. The number of pyridine rings is 1. The quantitative estimate of drug-likeness (QED) is 0.382. The van der Waals surface area contributed by atoms with E-state index in [-0.39, 0.29) is 5.91 Å². The minimum atomic E-state index is -0.0637. The third-order valence-electron chi connectivity index (χ3n) is 5.65. The number of hydrogen-bond donors (Lipinski definition) is 0. The van der Waals surface area contributed by atoms with E-state index >= 15 is 0 Å². The Hall–Kier alpha value is -3.78. The van der Waals surface area contributed by atoms with Gasteiger partial charge < -0.3 is 4.90 Å². The lowest BCUT2D eigenvalue weighted by atomic mass is 10.1. The molecule has 4 heterocycles. The minimum Gasteiger partial charge on any atom is -0.337 e. The van der Waals surface area contributed by atoms with Gasteiger partial charge in [0.2, 0.25) is 0 Å². The molecule has 0 radical (unpaired) electrons. The van der Waals surface area contributed by atoms with Crippen LogP contribution < -0.4 is 0 Å². The van der Waals surface area contributed by atoms with Gasteiger partial charge in [-0.2, -0.15) is 10.2 Å². The van der Waals surface area contributed by atoms with Gasteiger partial charge in [0.15, 0.2) is 5.65 Å². The summed E-state index contributed by atoms with van der Waals surface area (Å²) in [5.41, 5.74) is 5.79. The summed E-state index contributed by atoms with van der Waals surface area (Å²) >= 11 is 1.64. The summed E-state index contributed by atoms with van der Waals surface area (Å²) in [5.74, 6) is -0.0637. The summed E-state index contributed by atoms with van der Waals surface area (Å²) in [5, 5.41) is 12.2. The fraction of sp³-hybridized carbons (Fsp3) is 0.200. The van der Waals surface area contributed by atoms with Crippen molar-refractivity contribution < 1.29 is 4.79 Å². The van der Waals surface area contributed by atoms with E-state index in [4.69, 9.17) is 5.10 Å². The van der Waals surface area contributed by atoms with Crippen molar-refractivity contribution in [2.45, 2.75) is 20.4 Å². The van der Waals surface area contributed by atoms with Gasteiger partial charge in [0.05, 0.1) is 27.2 Å². The van der Waals surface area contributed by atoms with Gasteiger partial charge >= 0.3 is 0 Å². The number of aromatic nitrogens is 5. The lowest BCUT2D eigenvalue weighted by Gasteiger charge is -2.18. The molecule has 0 bridgehead atoms. The normalized spacial score (nSPS) is 11.3. The summed E-state index contributed by atoms with van der Waals surface area (Å²) in [7, 11) is 3.68. The van der Waals surface area contributed by atoms with Crippen molar-refractivity contribution in [2.24, 2.45) is 7.05 Å². The van der Waals surface area contributed by atoms with E-state index in [9.17, 15) is 4.79 Å². The van der Waals surface area contributed by atoms with Gasteiger partial charge in [0.25, 0.3) is 5.91 Å². The number of thiophene rings is 1. The molecule has 0 fully saturated rings. The van der Waals surface area contributed by atoms with Crippen molar-refractivity contribution in [1.82, 2.24) is 29.4 Å². The van der Waals surface area contributed by atoms with Gasteiger partial charge in [-0.05, 0) is 43.5 Å². The lowest BCUT2D eigenvalue weighted by molar-refractivity contribution is 0.0787. The first-order valence-electron chi connectivity index (χ1n) is 10.7. The van der Waals surface area contributed by atoms with Crippen molar-refractivity contribution in [1.29, 1.82) is 0 Å². The van der Waals surface area contributed by atoms with Crippen LogP contribution in [-0.2, 0) is 13.6 Å². The van der Waals surface area contributed by atoms with Crippen LogP contribution in [0.4, 0.5) is 0 Å². The minimum absolute atomic E-state index is 0.0637. The Morgan fingerprint density at radius 2 is 1.88 bits per heavy atom. The van der Waals surface area contributed by atoms with Crippen LogP contribution in [0, 0.1) is 13.8 Å². The van der Waals surface area contributed by atoms with Crippen molar-refractivity contribution in [3.63, 3.8) is 0 Å². The van der Waals surface area contributed by atoms with Crippen molar-refractivity contribution in [3.8, 4) is 16.3 Å². The Morgan fingerprint density at radius 1 is 1.09 bits per heavy atom. The highest BCUT2D eigenvalue weighted by Gasteiger charge is 2.22. The van der Waals surface area contributed by atoms with Gasteiger partial charge in [-0.15, -0.1) is 11.3 Å². The van der Waals surface area contributed by atoms with E-state index < -0.39 is 0 Å². The summed E-state index contributed by atoms with van der Waals surface area (Å²) in [6.07, 6.45) is 2.01. The van der Waals surface area contributed by atoms with Crippen LogP contribution in [0.15, 0.2) is 60.1 Å². The largest absolute Gasteiger partial charge is 0.337 e. The van der Waals surface area contributed by atoms with Gasteiger partial charge in [-0.3, -0.25) is 9.48 Å². The molecule has 166 valence electrons. The van der Waals surface area contributed by atoms with E-state index in [1.807, 2.05) is 86.7 Å². The predicted octanol–water partition coefficient (Wildman–Crippen LogP) is 4.77. The van der Waals surface area contributed by atoms with Gasteiger partial charge in [-0.25, -0.2) is 9.67 Å². The number of hydrogen-bond acceptors (Lipinski definition) is 5. The van der Waals surface area contributed by atoms with Gasteiger partial charge in [0.1, 0.15) is 5.69 Å². The molecule has 1 amide bonds. The van der Waals surface area contributed by atoms with Crippen LogP contribution in [0.2, 0.25) is 0 Å². The Bertz CT molecular complexity index is 1450. The van der Waals surface area contributed by atoms with E-state index in [0.717, 1.165) is 44.2 Å². The lowest BCUT2D eigenvalue weighted by Crippen LogP contribution is -2.26. The van der Waals surface area contributed by atoms with Crippen molar-refractivity contribution in [3.05, 3.63) is 82.6 Å². The van der Waals surface area contributed by atoms with Crippen LogP contribution in [0.5, 0.6) is 0 Å². The summed E-state index contributed by atoms with van der Waals surface area (Å²) < 4.78 is 3.61. The topological polar surface area (TPSA) is 68.8 Å². The monoisotopic (exact) mass is 456 g/mol. The highest BCUT2D eigenvalue weighted by Crippen LogP contribution is 2.29. The highest BCUT2D eigenvalue weighted by atomic mass is 32.1. The molecular weight excluding hydrogens is 432 g/mol. The molecule has 0 aliphatic heterocycles. The maximum absolute atomic E-state index is 13.6. The molecule has 8 heteroatoms. The molecule has 0 spiro atoms. The summed E-state index contributed by atoms with van der Waals surface area (Å²) in [6, 6.07) is 15.9. The molecule has 0 saturated heterocycles. The standard InChI is InChI=1S/C25H24N6OS/c1-16-13-20(22-17(2)27-30(4)24(22)26-16)25(32)29(3)14-18-15-31(19-9-6-5-7-10-19)28-23(18)21-11-8-12-33-21/h5-13,15H,14H2,1-4H3. The maximum atomic E-state index is 13.6. The number of carbonyl (C=O) groups is 1. The number of aryl methyl sites for hydroxylation is 3. The fourth-order valence-corrected chi connectivity index (χ4v) is 4.88. The molecule has 0 aliphatic rings. The summed E-state index contributed by atoms with van der Waals surface area (Å²) in [6.45, 7) is 4.24. The second-order valence-corrected chi connectivity index (χ2v) is 9.09. The molecule has 5 rings (SSSR count). The Kier molecular flexibility index (Phi) is 5.30. The Balaban J connectivity index is 1.53. The maximum Gasteiger partial charge on any atom is 0.254 e. The molecule has 1 aromatic carbocycles. The smallest absolute Gasteiger partial charge is 0.254 e. The fourth-order valence-electron chi connectivity index (χ4n) is 4.13. The average Bonchev–Trinajstić information content (AvgIpc) is 3.53. The predicted molar refractivity (Wildman–Crippen MR) is 131 cm³/mol. The highest BCUT2D eigenvalue weighted by molar-refractivity contribution is 7.13. The van der Waals surface area contributed by atoms with Crippen LogP contribution in [0.25, 0.3) is 27.3 Å². The van der Waals surface area contributed by atoms with E-state index in [2.05, 4.69) is 16.1 Å². The van der Waals surface area contributed by atoms with Gasteiger partial charge in [-0.1, -0.05) is 24.3 Å². The molecule has 0 unspecified atom stereocenters. The second-order valence-electron chi connectivity index (χ2n) is 8.14. The molecule has 33 heavy (non-hydrogen) atoms. The molecule has 5 aromatic rings. The molecule has 0 N–H and O–H groups in total. The number of carbonyl (C=O) groups excluding carboxylic acids is 1.